The number of carbonyl (C=O) groups excluding carboxylic acids is 1. The first-order valence-electron chi connectivity index (χ1n) is 11.0. The maximum Gasteiger partial charge on any atom is 0.232 e. The summed E-state index contributed by atoms with van der Waals surface area (Å²) >= 11 is 6.74. The maximum atomic E-state index is 13.5. The minimum absolute atomic E-state index is 0.0164. The summed E-state index contributed by atoms with van der Waals surface area (Å²) in [6, 6.07) is 7.07. The van der Waals surface area contributed by atoms with Gasteiger partial charge in [0.2, 0.25) is 17.8 Å². The topological polar surface area (TPSA) is 138 Å². The van der Waals surface area contributed by atoms with E-state index in [4.69, 9.17) is 11.6 Å². The zero-order valence-electron chi connectivity index (χ0n) is 18.7. The average Bonchev–Trinajstić information content (AvgIpc) is 3.38. The highest BCUT2D eigenvalue weighted by atomic mass is 35.5. The molecule has 13 heteroatoms. The van der Waals surface area contributed by atoms with Gasteiger partial charge in [0, 0.05) is 39.5 Å². The molecule has 3 aromatic rings. The lowest BCUT2D eigenvalue weighted by Crippen LogP contribution is -2.48. The number of alkyl halides is 1. The Morgan fingerprint density at radius 1 is 1.20 bits per heavy atom. The van der Waals surface area contributed by atoms with Crippen LogP contribution in [0.25, 0.3) is 5.65 Å². The van der Waals surface area contributed by atoms with E-state index in [0.717, 1.165) is 0 Å². The number of nitrogens with one attached hydrogen (secondary N) is 2. The number of piperazine rings is 1. The Kier molecular flexibility index (Phi) is 5.75. The summed E-state index contributed by atoms with van der Waals surface area (Å²) < 4.78 is 14.9. The molecule has 0 bridgehead atoms. The van der Waals surface area contributed by atoms with Crippen LogP contribution < -0.4 is 15.5 Å². The fourth-order valence-electron chi connectivity index (χ4n) is 3.96. The van der Waals surface area contributed by atoms with Crippen LogP contribution in [0, 0.1) is 22.7 Å². The van der Waals surface area contributed by atoms with E-state index in [1.165, 1.54) is 17.6 Å². The first-order valence-corrected chi connectivity index (χ1v) is 11.3. The minimum Gasteiger partial charge on any atom is -0.367 e. The summed E-state index contributed by atoms with van der Waals surface area (Å²) in [7, 11) is 0. The largest absolute Gasteiger partial charge is 0.367 e. The van der Waals surface area contributed by atoms with E-state index in [1.807, 2.05) is 11.0 Å². The van der Waals surface area contributed by atoms with Crippen molar-refractivity contribution in [2.24, 2.45) is 0 Å². The third-order valence-electron chi connectivity index (χ3n) is 6.01. The molecule has 1 aliphatic carbocycles. The predicted molar refractivity (Wildman–Crippen MR) is 126 cm³/mol. The quantitative estimate of drug-likeness (QED) is 0.547. The average molecular weight is 495 g/mol. The Bertz CT molecular complexity index is 1400. The summed E-state index contributed by atoms with van der Waals surface area (Å²) in [5.41, 5.74) is 1.90. The van der Waals surface area contributed by atoms with E-state index in [1.54, 1.807) is 17.0 Å². The molecule has 1 amide bonds. The van der Waals surface area contributed by atoms with Crippen molar-refractivity contribution in [2.45, 2.75) is 25.6 Å². The zero-order valence-corrected chi connectivity index (χ0v) is 19.4. The Hall–Kier alpha value is -4.16. The summed E-state index contributed by atoms with van der Waals surface area (Å²) in [4.78, 5) is 24.3. The Labute approximate surface area is 204 Å². The molecular formula is C22H20ClFN10O. The number of carbonyl (C=O) groups is 1. The van der Waals surface area contributed by atoms with Gasteiger partial charge in [0.1, 0.15) is 17.8 Å². The monoisotopic (exact) mass is 494 g/mol. The molecular weight excluding hydrogens is 475 g/mol. The van der Waals surface area contributed by atoms with Crippen molar-refractivity contribution in [2.75, 3.05) is 41.7 Å². The second kappa shape index (κ2) is 8.89. The number of hydrogen-bond donors (Lipinski definition) is 2. The summed E-state index contributed by atoms with van der Waals surface area (Å²) in [6.45, 7) is 3.77. The number of benzene rings is 1. The van der Waals surface area contributed by atoms with Crippen molar-refractivity contribution in [1.82, 2.24) is 24.5 Å². The van der Waals surface area contributed by atoms with Gasteiger partial charge < -0.3 is 20.4 Å². The first kappa shape index (κ1) is 22.6. The number of halogens is 2. The molecule has 5 rings (SSSR count). The molecule has 35 heavy (non-hydrogen) atoms. The maximum absolute atomic E-state index is 13.5. The van der Waals surface area contributed by atoms with Crippen molar-refractivity contribution in [1.29, 1.82) is 10.5 Å². The number of anilines is 4. The molecule has 1 aromatic carbocycles. The molecule has 0 radical (unpaired) electrons. The predicted octanol–water partition coefficient (Wildman–Crippen LogP) is 2.46. The van der Waals surface area contributed by atoms with Crippen LogP contribution in [-0.4, -0.2) is 68.8 Å². The summed E-state index contributed by atoms with van der Waals surface area (Å²) in [6.07, 6.45) is 0.743. The number of nitriles is 2. The molecule has 3 heterocycles. The van der Waals surface area contributed by atoms with Gasteiger partial charge in [0.25, 0.3) is 0 Å². The van der Waals surface area contributed by atoms with Gasteiger partial charge in [-0.3, -0.25) is 4.79 Å². The standard InChI is InChI=1S/C22H20ClFN10O/c1-12(35)32-2-4-33(5-3-32)18-7-13(9-25)6-17(19(18)23)28-21-30-20-14(10-26)11-27-34(20)22(31-21)29-16-8-15(16)24/h6-7,11,15-16H,2-5,8H2,1H3,(H2,28,29,30,31)/t15-,16+/m0/s1. The van der Waals surface area contributed by atoms with Crippen molar-refractivity contribution >= 4 is 46.4 Å². The highest BCUT2D eigenvalue weighted by Crippen LogP contribution is 2.37. The molecule has 1 aliphatic heterocycles. The van der Waals surface area contributed by atoms with Crippen LogP contribution in [0.3, 0.4) is 0 Å². The minimum atomic E-state index is -0.977. The Balaban J connectivity index is 1.49. The molecule has 2 aromatic heterocycles. The van der Waals surface area contributed by atoms with Gasteiger partial charge in [-0.2, -0.15) is 30.1 Å². The lowest BCUT2D eigenvalue weighted by Gasteiger charge is -2.36. The summed E-state index contributed by atoms with van der Waals surface area (Å²) in [5.74, 6) is 0.359. The van der Waals surface area contributed by atoms with Crippen LogP contribution in [-0.2, 0) is 4.79 Å². The van der Waals surface area contributed by atoms with Gasteiger partial charge in [-0.25, -0.2) is 4.39 Å². The molecule has 1 saturated heterocycles. The SMILES string of the molecule is CC(=O)N1CCN(c2cc(C#N)cc(Nc3nc(N[C@@H]4C[C@@H]4F)n4ncc(C#N)c4n3)c2Cl)CC1. The molecule has 2 fully saturated rings. The fourth-order valence-corrected chi connectivity index (χ4v) is 4.24. The lowest BCUT2D eigenvalue weighted by atomic mass is 10.1. The normalized spacial score (nSPS) is 19.2. The van der Waals surface area contributed by atoms with Crippen molar-refractivity contribution in [3.8, 4) is 12.1 Å². The van der Waals surface area contributed by atoms with Crippen LogP contribution in [0.15, 0.2) is 18.3 Å². The smallest absolute Gasteiger partial charge is 0.232 e. The van der Waals surface area contributed by atoms with Gasteiger partial charge in [0.15, 0.2) is 5.65 Å². The summed E-state index contributed by atoms with van der Waals surface area (Å²) in [5, 5.41) is 29.6. The van der Waals surface area contributed by atoms with E-state index in [-0.39, 0.29) is 35.1 Å². The number of aromatic nitrogens is 4. The van der Waals surface area contributed by atoms with Crippen molar-refractivity contribution in [3.63, 3.8) is 0 Å². The molecule has 2 N–H and O–H groups in total. The molecule has 2 atom stereocenters. The third kappa shape index (κ3) is 4.36. The van der Waals surface area contributed by atoms with Gasteiger partial charge in [-0.05, 0) is 12.1 Å². The van der Waals surface area contributed by atoms with Crippen LogP contribution in [0.5, 0.6) is 0 Å². The molecule has 2 aliphatic rings. The molecule has 11 nitrogen and oxygen atoms in total. The van der Waals surface area contributed by atoms with E-state index in [9.17, 15) is 19.7 Å². The number of fused-ring (bicyclic) bond motifs is 1. The highest BCUT2D eigenvalue weighted by molar-refractivity contribution is 6.36. The zero-order chi connectivity index (χ0) is 24.7. The number of nitrogens with zero attached hydrogens (tertiary/aromatic N) is 8. The highest BCUT2D eigenvalue weighted by Gasteiger charge is 2.38. The van der Waals surface area contributed by atoms with Crippen molar-refractivity contribution in [3.05, 3.63) is 34.5 Å². The number of amides is 1. The Morgan fingerprint density at radius 3 is 2.57 bits per heavy atom. The van der Waals surface area contributed by atoms with Crippen LogP contribution in [0.2, 0.25) is 5.02 Å². The van der Waals surface area contributed by atoms with E-state index >= 15 is 0 Å². The number of hydrogen-bond acceptors (Lipinski definition) is 9. The van der Waals surface area contributed by atoms with Gasteiger partial charge in [-0.1, -0.05) is 11.6 Å². The first-order chi connectivity index (χ1) is 16.9. The molecule has 178 valence electrons. The third-order valence-corrected chi connectivity index (χ3v) is 6.41. The second-order valence-corrected chi connectivity index (χ2v) is 8.74. The van der Waals surface area contributed by atoms with Gasteiger partial charge >= 0.3 is 0 Å². The van der Waals surface area contributed by atoms with Gasteiger partial charge in [-0.15, -0.1) is 0 Å². The van der Waals surface area contributed by atoms with E-state index < -0.39 is 6.17 Å². The van der Waals surface area contributed by atoms with E-state index in [0.29, 0.717) is 54.6 Å². The van der Waals surface area contributed by atoms with Gasteiger partial charge in [0.05, 0.1) is 40.3 Å². The lowest BCUT2D eigenvalue weighted by molar-refractivity contribution is -0.129. The van der Waals surface area contributed by atoms with Crippen LogP contribution >= 0.6 is 11.6 Å². The molecule has 1 saturated carbocycles. The van der Waals surface area contributed by atoms with Crippen LogP contribution in [0.1, 0.15) is 24.5 Å². The van der Waals surface area contributed by atoms with Crippen molar-refractivity contribution < 1.29 is 9.18 Å². The molecule has 0 unspecified atom stereocenters. The Morgan fingerprint density at radius 2 is 1.94 bits per heavy atom. The van der Waals surface area contributed by atoms with E-state index in [2.05, 4.69) is 31.8 Å². The van der Waals surface area contributed by atoms with Crippen LogP contribution in [0.4, 0.5) is 27.7 Å². The second-order valence-electron chi connectivity index (χ2n) is 8.37. The fraction of sp³-hybridized carbons (Fsp3) is 0.364. The number of rotatable bonds is 5. The molecule has 0 spiro atoms.